The maximum Gasteiger partial charge on any atom is 1.00 e. The van der Waals surface area contributed by atoms with Crippen LogP contribution in [-0.4, -0.2) is 40.0 Å². The summed E-state index contributed by atoms with van der Waals surface area (Å²) in [6, 6.07) is 0. The monoisotopic (exact) mass is 616 g/mol. The number of allylic oxidation sites excluding steroid dienone is 2. The Bertz CT molecular complexity index is 1210. The van der Waals surface area contributed by atoms with E-state index in [0.29, 0.717) is 19.3 Å². The van der Waals surface area contributed by atoms with E-state index < -0.39 is 23.3 Å². The van der Waals surface area contributed by atoms with Crippen molar-refractivity contribution >= 4 is 23.7 Å². The number of esters is 1. The maximum absolute atomic E-state index is 14.5. The van der Waals surface area contributed by atoms with Crippen LogP contribution in [0.5, 0.6) is 0 Å². The minimum Gasteiger partial charge on any atom is -0.481 e. The number of carbonyl (C=O) groups excluding carboxylic acids is 2. The van der Waals surface area contributed by atoms with Crippen LogP contribution in [0.15, 0.2) is 11.6 Å². The van der Waals surface area contributed by atoms with E-state index in [4.69, 9.17) is 9.84 Å². The van der Waals surface area contributed by atoms with E-state index in [-0.39, 0.29) is 129 Å². The fraction of sp³-hybridized carbons (Fsp3) is 0.824. The number of carboxylic acid groups (broad SMARTS) is 2. The normalized spacial score (nSPS) is 44.4. The first-order valence-electron chi connectivity index (χ1n) is 15.7. The van der Waals surface area contributed by atoms with E-state index in [2.05, 4.69) is 41.5 Å². The summed E-state index contributed by atoms with van der Waals surface area (Å²) in [6.45, 7) is 15.5. The van der Waals surface area contributed by atoms with Gasteiger partial charge in [0.05, 0.1) is 18.3 Å². The van der Waals surface area contributed by atoms with Crippen molar-refractivity contribution in [1.29, 1.82) is 0 Å². The van der Waals surface area contributed by atoms with Gasteiger partial charge in [-0.1, -0.05) is 47.1 Å². The molecule has 0 aromatic carbocycles. The Labute approximate surface area is 301 Å². The van der Waals surface area contributed by atoms with Gasteiger partial charge in [0.2, 0.25) is 0 Å². The summed E-state index contributed by atoms with van der Waals surface area (Å²) < 4.78 is 5.91. The quantitative estimate of drug-likeness (QED) is 0.347. The molecule has 9 heteroatoms. The van der Waals surface area contributed by atoms with Crippen molar-refractivity contribution in [2.45, 2.75) is 125 Å². The first kappa shape index (κ1) is 37.3. The zero-order valence-electron chi connectivity index (χ0n) is 28.1. The molecule has 228 valence electrons. The zero-order valence-corrected chi connectivity index (χ0v) is 32.1. The standard InChI is InChI=1S/C34H50O7.2Na/c1-29(2)23-10-13-34(7)27(32(23,5)12-11-24(29)41-26(38)9-8-25(36)37)22(35)18-20-21-19-31(4,28(39)40)15-14-30(21,3)16-17-33(20,34)6;;/h18,21,23-24,27H,8-17,19H2,1-7H3,(H,36,37)(H,39,40);;/q;2*+1/t21-,23?,24-,27?,30+,31-,32-,33+,34+;;/m0../s1. The van der Waals surface area contributed by atoms with Gasteiger partial charge in [0.25, 0.3) is 0 Å². The molecule has 0 amide bonds. The molecule has 0 saturated heterocycles. The molecule has 5 rings (SSSR count). The Kier molecular flexibility index (Phi) is 10.5. The molecule has 2 unspecified atom stereocenters. The topological polar surface area (TPSA) is 118 Å². The number of rotatable bonds is 5. The first-order chi connectivity index (χ1) is 18.8. The third kappa shape index (κ3) is 5.60. The molecule has 5 aliphatic carbocycles. The molecule has 4 fully saturated rings. The Morgan fingerprint density at radius 2 is 1.49 bits per heavy atom. The van der Waals surface area contributed by atoms with Crippen LogP contribution >= 0.6 is 0 Å². The van der Waals surface area contributed by atoms with Crippen LogP contribution in [0, 0.1) is 50.2 Å². The molecule has 5 aliphatic rings. The van der Waals surface area contributed by atoms with Crippen LogP contribution in [0.2, 0.25) is 0 Å². The first-order valence-corrected chi connectivity index (χ1v) is 15.7. The fourth-order valence-corrected chi connectivity index (χ4v) is 11.0. The van der Waals surface area contributed by atoms with Crippen molar-refractivity contribution in [3.8, 4) is 0 Å². The Morgan fingerprint density at radius 3 is 2.09 bits per heavy atom. The van der Waals surface area contributed by atoms with Crippen LogP contribution < -0.4 is 59.1 Å². The summed E-state index contributed by atoms with van der Waals surface area (Å²) in [5.74, 6) is -1.87. The van der Waals surface area contributed by atoms with Gasteiger partial charge in [0.15, 0.2) is 5.78 Å². The molecule has 43 heavy (non-hydrogen) atoms. The number of hydrogen-bond donors (Lipinski definition) is 2. The van der Waals surface area contributed by atoms with Gasteiger partial charge in [0, 0.05) is 11.3 Å². The number of hydrogen-bond acceptors (Lipinski definition) is 5. The summed E-state index contributed by atoms with van der Waals surface area (Å²) in [5.41, 5.74) is -0.553. The van der Waals surface area contributed by atoms with Crippen LogP contribution in [-0.2, 0) is 23.9 Å². The van der Waals surface area contributed by atoms with Gasteiger partial charge in [-0.25, -0.2) is 0 Å². The van der Waals surface area contributed by atoms with Crippen LogP contribution in [0.1, 0.15) is 119 Å². The Hall–Kier alpha value is -0.180. The number of carboxylic acids is 2. The minimum atomic E-state index is -1.01. The number of carbonyl (C=O) groups is 4. The Morgan fingerprint density at radius 1 is 0.860 bits per heavy atom. The predicted molar refractivity (Wildman–Crippen MR) is 154 cm³/mol. The second kappa shape index (κ2) is 12.1. The second-order valence-corrected chi connectivity index (χ2v) is 16.3. The third-order valence-corrected chi connectivity index (χ3v) is 13.8. The summed E-state index contributed by atoms with van der Waals surface area (Å²) in [4.78, 5) is 50.3. The molecule has 0 spiro atoms. The van der Waals surface area contributed by atoms with E-state index in [0.717, 1.165) is 38.5 Å². The average Bonchev–Trinajstić information content (AvgIpc) is 2.86. The zero-order chi connectivity index (χ0) is 30.4. The van der Waals surface area contributed by atoms with E-state index in [1.807, 2.05) is 13.0 Å². The molecule has 2 N–H and O–H groups in total. The summed E-state index contributed by atoms with van der Waals surface area (Å²) in [5, 5.41) is 19.1. The van der Waals surface area contributed by atoms with E-state index in [1.54, 1.807) is 0 Å². The van der Waals surface area contributed by atoms with Crippen LogP contribution in [0.3, 0.4) is 0 Å². The molecule has 0 heterocycles. The third-order valence-electron chi connectivity index (χ3n) is 13.8. The van der Waals surface area contributed by atoms with Gasteiger partial charge < -0.3 is 14.9 Å². The molecule has 0 aliphatic heterocycles. The number of fused-ring (bicyclic) bond motifs is 7. The summed E-state index contributed by atoms with van der Waals surface area (Å²) >= 11 is 0. The number of ether oxygens (including phenoxy) is 1. The largest absolute Gasteiger partial charge is 1.00 e. The van der Waals surface area contributed by atoms with Gasteiger partial charge in [0.1, 0.15) is 6.10 Å². The van der Waals surface area contributed by atoms with Gasteiger partial charge in [-0.15, -0.1) is 0 Å². The summed E-state index contributed by atoms with van der Waals surface area (Å²) in [6.07, 6.45) is 8.80. The van der Waals surface area contributed by atoms with Crippen molar-refractivity contribution in [1.82, 2.24) is 0 Å². The smallest absolute Gasteiger partial charge is 0.481 e. The van der Waals surface area contributed by atoms with Crippen molar-refractivity contribution in [3.63, 3.8) is 0 Å². The average molecular weight is 617 g/mol. The molecule has 0 aromatic heterocycles. The molecular weight excluding hydrogens is 566 g/mol. The molecule has 4 saturated carbocycles. The van der Waals surface area contributed by atoms with Crippen molar-refractivity contribution in [2.75, 3.05) is 0 Å². The fourth-order valence-electron chi connectivity index (χ4n) is 11.0. The van der Waals surface area contributed by atoms with Gasteiger partial charge in [-0.05, 0) is 104 Å². The molecule has 7 nitrogen and oxygen atoms in total. The van der Waals surface area contributed by atoms with Gasteiger partial charge in [-0.2, -0.15) is 0 Å². The van der Waals surface area contributed by atoms with E-state index >= 15 is 0 Å². The molecule has 0 radical (unpaired) electrons. The molecular formula is C34H50Na2O7+2. The van der Waals surface area contributed by atoms with Crippen molar-refractivity contribution in [3.05, 3.63) is 11.6 Å². The van der Waals surface area contributed by atoms with Crippen LogP contribution in [0.25, 0.3) is 0 Å². The SMILES string of the molecule is CC1(C)C2CC[C@]3(C)C(C(=O)C=C4[C@@H]5C[C@@](C)(C(=O)O)CC[C@]5(C)CC[C@]43C)[C@@]2(C)CC[C@@H]1OC(=O)CCC(=O)O.[Na+].[Na+]. The minimum absolute atomic E-state index is 0. The van der Waals surface area contributed by atoms with Gasteiger partial charge in [-0.3, -0.25) is 19.2 Å². The van der Waals surface area contributed by atoms with E-state index in [1.165, 1.54) is 5.57 Å². The Balaban J connectivity index is 0.00000253. The van der Waals surface area contributed by atoms with Crippen molar-refractivity contribution in [2.24, 2.45) is 50.2 Å². The van der Waals surface area contributed by atoms with Gasteiger partial charge >= 0.3 is 77.0 Å². The van der Waals surface area contributed by atoms with E-state index in [9.17, 15) is 24.3 Å². The number of aliphatic carboxylic acids is 2. The molecule has 9 atom stereocenters. The van der Waals surface area contributed by atoms with Crippen molar-refractivity contribution < 1.29 is 93.2 Å². The predicted octanol–water partition coefficient (Wildman–Crippen LogP) is 0.836. The molecule has 0 bridgehead atoms. The molecule has 0 aromatic rings. The maximum atomic E-state index is 14.5. The summed E-state index contributed by atoms with van der Waals surface area (Å²) in [7, 11) is 0. The number of ketones is 1. The van der Waals surface area contributed by atoms with Crippen LogP contribution in [0.4, 0.5) is 0 Å². The second-order valence-electron chi connectivity index (χ2n) is 16.3.